The van der Waals surface area contributed by atoms with Crippen LogP contribution in [0.15, 0.2) is 12.7 Å². The highest BCUT2D eigenvalue weighted by Gasteiger charge is 1.95. The van der Waals surface area contributed by atoms with Gasteiger partial charge in [-0.15, -0.1) is 30.1 Å². The minimum absolute atomic E-state index is 1.28. The van der Waals surface area contributed by atoms with E-state index in [2.05, 4.69) is 6.58 Å². The molecule has 1 radical (unpaired) electrons. The Morgan fingerprint density at radius 3 is 1.86 bits per heavy atom. The van der Waals surface area contributed by atoms with E-state index in [1.165, 1.54) is 4.58 Å². The molecule has 41 valence electrons. The average molecular weight is 133 g/mol. The molecule has 0 aliphatic carbocycles. The molecule has 0 aromatic heterocycles. The van der Waals surface area contributed by atoms with Gasteiger partial charge >= 0.3 is 0 Å². The lowest BCUT2D eigenvalue weighted by atomic mass is 10.8. The average Bonchev–Trinajstić information content (AvgIpc) is 1.72. The maximum absolute atomic E-state index is 3.62. The van der Waals surface area contributed by atoms with Crippen LogP contribution < -0.4 is 0 Å². The molecule has 0 N–H and O–H groups in total. The van der Waals surface area contributed by atoms with Gasteiger partial charge < -0.3 is 0 Å². The lowest BCUT2D eigenvalue weighted by Gasteiger charge is -1.99. The van der Waals surface area contributed by atoms with Gasteiger partial charge in [-0.05, 0) is 12.5 Å². The van der Waals surface area contributed by atoms with Crippen LogP contribution >= 0.6 is 23.5 Å². The summed E-state index contributed by atoms with van der Waals surface area (Å²) >= 11 is 3.46. The Kier molecular flexibility index (Phi) is 4.88. The van der Waals surface area contributed by atoms with Crippen molar-refractivity contribution in [3.05, 3.63) is 17.2 Å². The fourth-order valence-electron chi connectivity index (χ4n) is 0.250. The molecule has 0 atom stereocenters. The van der Waals surface area contributed by atoms with Crippen molar-refractivity contribution in [1.29, 1.82) is 0 Å². The summed E-state index contributed by atoms with van der Waals surface area (Å²) in [5, 5.41) is 0. The quantitative estimate of drug-likeness (QED) is 0.580. The second-order valence-electron chi connectivity index (χ2n) is 0.931. The molecule has 0 bridgehead atoms. The summed E-state index contributed by atoms with van der Waals surface area (Å²) in [6, 6.07) is 0. The molecule has 7 heavy (non-hydrogen) atoms. The van der Waals surface area contributed by atoms with Gasteiger partial charge in [-0.2, -0.15) is 0 Å². The molecule has 0 nitrogen and oxygen atoms in total. The number of rotatable bonds is 3. The Hall–Kier alpha value is 0.440. The summed E-state index contributed by atoms with van der Waals surface area (Å²) in [7, 11) is 0. The van der Waals surface area contributed by atoms with Gasteiger partial charge in [-0.3, -0.25) is 0 Å². The number of hydrogen-bond donors (Lipinski definition) is 0. The smallest absolute Gasteiger partial charge is 0.106 e. The van der Waals surface area contributed by atoms with Crippen LogP contribution in [0.1, 0.15) is 0 Å². The molecule has 0 rings (SSSR count). The van der Waals surface area contributed by atoms with Gasteiger partial charge in [0.15, 0.2) is 0 Å². The topological polar surface area (TPSA) is 0 Å². The standard InChI is InChI=1S/C5H9S2/c1-4-5(6-2)7-3/h4H,1H2,2-3H3. The van der Waals surface area contributed by atoms with Crippen LogP contribution in [-0.4, -0.2) is 12.5 Å². The molecule has 0 aliphatic heterocycles. The van der Waals surface area contributed by atoms with E-state index in [1.54, 1.807) is 23.5 Å². The minimum atomic E-state index is 1.28. The first-order valence-electron chi connectivity index (χ1n) is 1.92. The zero-order valence-corrected chi connectivity index (χ0v) is 6.23. The molecule has 0 aromatic carbocycles. The van der Waals surface area contributed by atoms with Crippen molar-refractivity contribution in [2.45, 2.75) is 0 Å². The van der Waals surface area contributed by atoms with E-state index >= 15 is 0 Å². The van der Waals surface area contributed by atoms with Crippen molar-refractivity contribution in [3.8, 4) is 0 Å². The number of thioether (sulfide) groups is 2. The van der Waals surface area contributed by atoms with E-state index in [0.717, 1.165) is 0 Å². The van der Waals surface area contributed by atoms with E-state index in [1.807, 2.05) is 18.6 Å². The van der Waals surface area contributed by atoms with Crippen LogP contribution in [0.5, 0.6) is 0 Å². The first-order valence-corrected chi connectivity index (χ1v) is 4.37. The van der Waals surface area contributed by atoms with Crippen molar-refractivity contribution < 1.29 is 0 Å². The van der Waals surface area contributed by atoms with E-state index < -0.39 is 0 Å². The molecule has 2 heteroatoms. The first-order chi connectivity index (χ1) is 3.35. The van der Waals surface area contributed by atoms with Gasteiger partial charge in [0.1, 0.15) is 4.58 Å². The molecule has 0 heterocycles. The van der Waals surface area contributed by atoms with Gasteiger partial charge in [0.2, 0.25) is 0 Å². The van der Waals surface area contributed by atoms with Crippen LogP contribution in [0.3, 0.4) is 0 Å². The highest BCUT2D eigenvalue weighted by molar-refractivity contribution is 8.20. The Balaban J connectivity index is 3.16. The fraction of sp³-hybridized carbons (Fsp3) is 0.400. The molecule has 0 unspecified atom stereocenters. The van der Waals surface area contributed by atoms with Crippen LogP contribution in [0.2, 0.25) is 0 Å². The summed E-state index contributed by atoms with van der Waals surface area (Å²) in [5.41, 5.74) is 0. The summed E-state index contributed by atoms with van der Waals surface area (Å²) in [4.78, 5) is 0. The summed E-state index contributed by atoms with van der Waals surface area (Å²) in [5.74, 6) is 0. The van der Waals surface area contributed by atoms with Crippen molar-refractivity contribution in [2.75, 3.05) is 12.5 Å². The molecule has 0 amide bonds. The Morgan fingerprint density at radius 1 is 1.43 bits per heavy atom. The highest BCUT2D eigenvalue weighted by Crippen LogP contribution is 2.27. The van der Waals surface area contributed by atoms with E-state index in [-0.39, 0.29) is 0 Å². The molecular weight excluding hydrogens is 124 g/mol. The van der Waals surface area contributed by atoms with E-state index in [0.29, 0.717) is 0 Å². The first kappa shape index (κ1) is 7.44. The van der Waals surface area contributed by atoms with Crippen LogP contribution in [0.25, 0.3) is 0 Å². The van der Waals surface area contributed by atoms with Crippen molar-refractivity contribution in [2.24, 2.45) is 0 Å². The molecule has 0 fully saturated rings. The maximum Gasteiger partial charge on any atom is 0.106 e. The van der Waals surface area contributed by atoms with Crippen molar-refractivity contribution in [3.63, 3.8) is 0 Å². The molecule has 0 aromatic rings. The highest BCUT2D eigenvalue weighted by atomic mass is 32.2. The lowest BCUT2D eigenvalue weighted by molar-refractivity contribution is 1.97. The van der Waals surface area contributed by atoms with Gasteiger partial charge in [0, 0.05) is 0 Å². The van der Waals surface area contributed by atoms with Gasteiger partial charge in [-0.25, -0.2) is 0 Å². The normalized spacial score (nSPS) is 9.57. The molecule has 0 saturated heterocycles. The van der Waals surface area contributed by atoms with Crippen molar-refractivity contribution >= 4 is 23.5 Å². The Morgan fingerprint density at radius 2 is 1.86 bits per heavy atom. The van der Waals surface area contributed by atoms with Crippen LogP contribution in [0, 0.1) is 4.58 Å². The van der Waals surface area contributed by atoms with Crippen LogP contribution in [0.4, 0.5) is 0 Å². The maximum atomic E-state index is 3.62. The predicted molar refractivity (Wildman–Crippen MR) is 40.5 cm³/mol. The Labute approximate surface area is 53.8 Å². The fourth-order valence-corrected chi connectivity index (χ4v) is 1.25. The number of hydrogen-bond acceptors (Lipinski definition) is 2. The second kappa shape index (κ2) is 4.60. The van der Waals surface area contributed by atoms with Gasteiger partial charge in [0.25, 0.3) is 0 Å². The third-order valence-corrected chi connectivity index (χ3v) is 2.71. The Bertz CT molecular complexity index is 48.0. The zero-order valence-electron chi connectivity index (χ0n) is 4.60. The van der Waals surface area contributed by atoms with Gasteiger partial charge in [0.05, 0.1) is 0 Å². The largest absolute Gasteiger partial charge is 0.141 e. The lowest BCUT2D eigenvalue weighted by Crippen LogP contribution is -1.72. The third kappa shape index (κ3) is 3.06. The summed E-state index contributed by atoms with van der Waals surface area (Å²) in [6.07, 6.45) is 5.97. The van der Waals surface area contributed by atoms with Gasteiger partial charge in [-0.1, -0.05) is 6.08 Å². The van der Waals surface area contributed by atoms with E-state index in [4.69, 9.17) is 0 Å². The molecule has 0 aliphatic rings. The van der Waals surface area contributed by atoms with E-state index in [9.17, 15) is 0 Å². The third-order valence-electron chi connectivity index (χ3n) is 0.569. The minimum Gasteiger partial charge on any atom is -0.141 e. The zero-order chi connectivity index (χ0) is 5.70. The molecule has 0 saturated carbocycles. The second-order valence-corrected chi connectivity index (χ2v) is 2.89. The summed E-state index contributed by atoms with van der Waals surface area (Å²) < 4.78 is 1.28. The predicted octanol–water partition coefficient (Wildman–Crippen LogP) is 2.39. The monoisotopic (exact) mass is 133 g/mol. The SMILES string of the molecule is C=C[C](SC)SC. The van der Waals surface area contributed by atoms with Crippen LogP contribution in [-0.2, 0) is 0 Å². The molecular formula is C5H9S2. The molecule has 0 spiro atoms. The van der Waals surface area contributed by atoms with Crippen molar-refractivity contribution in [1.82, 2.24) is 0 Å². The summed E-state index contributed by atoms with van der Waals surface area (Å²) in [6.45, 7) is 3.62.